The minimum absolute atomic E-state index is 0.00344. The van der Waals surface area contributed by atoms with Gasteiger partial charge in [-0.15, -0.1) is 22.7 Å². The molecule has 1 aromatic carbocycles. The molecule has 0 aliphatic carbocycles. The predicted molar refractivity (Wildman–Crippen MR) is 102 cm³/mol. The second-order valence-electron chi connectivity index (χ2n) is 5.51. The molecule has 2 heterocycles. The lowest BCUT2D eigenvalue weighted by atomic mass is 10.1. The highest BCUT2D eigenvalue weighted by atomic mass is 35.5. The number of rotatable bonds is 6. The molecule has 6 heteroatoms. The van der Waals surface area contributed by atoms with Gasteiger partial charge in [0.25, 0.3) is 0 Å². The van der Waals surface area contributed by atoms with Gasteiger partial charge in [0.2, 0.25) is 5.91 Å². The van der Waals surface area contributed by atoms with E-state index in [1.165, 1.54) is 22.5 Å². The summed E-state index contributed by atoms with van der Waals surface area (Å²) in [4.78, 5) is 17.6. The molecule has 0 spiro atoms. The van der Waals surface area contributed by atoms with E-state index >= 15 is 0 Å². The van der Waals surface area contributed by atoms with Crippen LogP contribution >= 0.6 is 34.3 Å². The zero-order valence-electron chi connectivity index (χ0n) is 13.2. The number of carbonyl (C=O) groups is 1. The number of benzene rings is 1. The first-order chi connectivity index (χ1) is 11.6. The summed E-state index contributed by atoms with van der Waals surface area (Å²) in [5.41, 5.74) is 3.27. The lowest BCUT2D eigenvalue weighted by Crippen LogP contribution is -2.27. The Bertz CT molecular complexity index is 841. The molecule has 1 N–H and O–H groups in total. The maximum atomic E-state index is 12.1. The van der Waals surface area contributed by atoms with Gasteiger partial charge in [0, 0.05) is 11.9 Å². The molecule has 0 unspecified atom stereocenters. The van der Waals surface area contributed by atoms with Gasteiger partial charge in [-0.25, -0.2) is 4.98 Å². The third kappa shape index (κ3) is 4.66. The van der Waals surface area contributed by atoms with Crippen LogP contribution in [0.3, 0.4) is 0 Å². The second kappa shape index (κ2) is 7.92. The molecular weight excluding hydrogens is 360 g/mol. The fraction of sp³-hybridized carbons (Fsp3) is 0.222. The van der Waals surface area contributed by atoms with Crippen LogP contribution in [0.1, 0.15) is 16.8 Å². The number of hydrogen-bond acceptors (Lipinski definition) is 4. The Labute approximate surface area is 154 Å². The van der Waals surface area contributed by atoms with Crippen molar-refractivity contribution in [3.05, 3.63) is 62.9 Å². The molecule has 3 rings (SSSR count). The Morgan fingerprint density at radius 2 is 2.17 bits per heavy atom. The van der Waals surface area contributed by atoms with E-state index in [1.807, 2.05) is 23.6 Å². The first kappa shape index (κ1) is 17.1. The van der Waals surface area contributed by atoms with Crippen molar-refractivity contribution in [1.82, 2.24) is 10.3 Å². The quantitative estimate of drug-likeness (QED) is 0.675. The molecule has 0 saturated carbocycles. The average molecular weight is 377 g/mol. The molecule has 124 valence electrons. The van der Waals surface area contributed by atoms with E-state index < -0.39 is 0 Å². The smallest absolute Gasteiger partial charge is 0.226 e. The zero-order chi connectivity index (χ0) is 16.9. The van der Waals surface area contributed by atoms with Crippen molar-refractivity contribution in [2.45, 2.75) is 19.8 Å². The van der Waals surface area contributed by atoms with E-state index in [-0.39, 0.29) is 5.91 Å². The molecule has 0 aliphatic rings. The zero-order valence-corrected chi connectivity index (χ0v) is 15.6. The Balaban J connectivity index is 1.49. The van der Waals surface area contributed by atoms with Gasteiger partial charge >= 0.3 is 0 Å². The molecule has 0 aliphatic heterocycles. The summed E-state index contributed by atoms with van der Waals surface area (Å²) in [5.74, 6) is 0.00344. The fourth-order valence-electron chi connectivity index (χ4n) is 2.37. The summed E-state index contributed by atoms with van der Waals surface area (Å²) in [6.45, 7) is 2.71. The third-order valence-electron chi connectivity index (χ3n) is 3.50. The molecular formula is C18H17ClN2OS2. The highest BCUT2D eigenvalue weighted by molar-refractivity contribution is 7.23. The number of hydrogen-bond donors (Lipinski definition) is 1. The van der Waals surface area contributed by atoms with Crippen LogP contribution in [0.15, 0.2) is 41.8 Å². The Morgan fingerprint density at radius 3 is 2.92 bits per heavy atom. The van der Waals surface area contributed by atoms with Crippen LogP contribution in [0.4, 0.5) is 0 Å². The van der Waals surface area contributed by atoms with Crippen LogP contribution in [0, 0.1) is 6.92 Å². The number of amides is 1. The van der Waals surface area contributed by atoms with E-state index in [2.05, 4.69) is 35.4 Å². The molecule has 0 atom stereocenters. The molecule has 0 saturated heterocycles. The maximum Gasteiger partial charge on any atom is 0.226 e. The van der Waals surface area contributed by atoms with E-state index in [0.29, 0.717) is 13.0 Å². The standard InChI is InChI=1S/C18H17ClN2OS2/c1-12-3-2-4-13(9-12)7-8-20-17(22)10-14-11-23-18(21-14)15-5-6-16(19)24-15/h2-6,9,11H,7-8,10H2,1H3,(H,20,22). The number of thiazole rings is 1. The molecule has 0 bridgehead atoms. The molecule has 2 aromatic heterocycles. The minimum atomic E-state index is 0.00344. The molecule has 0 fully saturated rings. The third-order valence-corrected chi connectivity index (χ3v) is 5.79. The minimum Gasteiger partial charge on any atom is -0.355 e. The summed E-state index contributed by atoms with van der Waals surface area (Å²) in [7, 11) is 0. The van der Waals surface area contributed by atoms with Crippen molar-refractivity contribution in [2.24, 2.45) is 0 Å². The van der Waals surface area contributed by atoms with Crippen molar-refractivity contribution in [2.75, 3.05) is 6.54 Å². The first-order valence-electron chi connectivity index (χ1n) is 7.62. The van der Waals surface area contributed by atoms with Gasteiger partial charge in [0.05, 0.1) is 21.3 Å². The van der Waals surface area contributed by atoms with E-state index in [4.69, 9.17) is 11.6 Å². The van der Waals surface area contributed by atoms with Crippen molar-refractivity contribution in [3.8, 4) is 9.88 Å². The number of aryl methyl sites for hydroxylation is 1. The summed E-state index contributed by atoms with van der Waals surface area (Å²) in [6, 6.07) is 12.2. The topological polar surface area (TPSA) is 42.0 Å². The molecule has 24 heavy (non-hydrogen) atoms. The Kier molecular flexibility index (Phi) is 5.66. The van der Waals surface area contributed by atoms with Crippen LogP contribution in [0.25, 0.3) is 9.88 Å². The summed E-state index contributed by atoms with van der Waals surface area (Å²) in [5, 5.41) is 5.80. The van der Waals surface area contributed by atoms with Crippen LogP contribution in [-0.2, 0) is 17.6 Å². The molecule has 3 aromatic rings. The lowest BCUT2D eigenvalue weighted by Gasteiger charge is -2.05. The van der Waals surface area contributed by atoms with Gasteiger partial charge in [0.1, 0.15) is 5.01 Å². The average Bonchev–Trinajstić information content (AvgIpc) is 3.16. The van der Waals surface area contributed by atoms with E-state index in [9.17, 15) is 4.79 Å². The second-order valence-corrected chi connectivity index (χ2v) is 8.09. The predicted octanol–water partition coefficient (Wildman–Crippen LogP) is 4.73. The molecule has 1 amide bonds. The van der Waals surface area contributed by atoms with Crippen molar-refractivity contribution < 1.29 is 4.79 Å². The maximum absolute atomic E-state index is 12.1. The summed E-state index contributed by atoms with van der Waals surface area (Å²) < 4.78 is 0.746. The highest BCUT2D eigenvalue weighted by Gasteiger charge is 2.10. The van der Waals surface area contributed by atoms with Gasteiger partial charge in [-0.1, -0.05) is 41.4 Å². The monoisotopic (exact) mass is 376 g/mol. The van der Waals surface area contributed by atoms with Gasteiger partial charge in [-0.05, 0) is 31.0 Å². The van der Waals surface area contributed by atoms with Gasteiger partial charge in [0.15, 0.2) is 0 Å². The number of thiophene rings is 1. The van der Waals surface area contributed by atoms with Crippen molar-refractivity contribution in [1.29, 1.82) is 0 Å². The molecule has 3 nitrogen and oxygen atoms in total. The van der Waals surface area contributed by atoms with Crippen LogP contribution in [0.2, 0.25) is 4.34 Å². The highest BCUT2D eigenvalue weighted by Crippen LogP contribution is 2.32. The van der Waals surface area contributed by atoms with Gasteiger partial charge < -0.3 is 5.32 Å². The summed E-state index contributed by atoms with van der Waals surface area (Å²) in [6.07, 6.45) is 1.15. The van der Waals surface area contributed by atoms with E-state index in [0.717, 1.165) is 26.3 Å². The van der Waals surface area contributed by atoms with Crippen molar-refractivity contribution >= 4 is 40.2 Å². The van der Waals surface area contributed by atoms with Crippen LogP contribution < -0.4 is 5.32 Å². The first-order valence-corrected chi connectivity index (χ1v) is 9.70. The number of nitrogens with one attached hydrogen (secondary N) is 1. The van der Waals surface area contributed by atoms with Gasteiger partial charge in [-0.2, -0.15) is 0 Å². The number of nitrogens with zero attached hydrogens (tertiary/aromatic N) is 1. The Morgan fingerprint density at radius 1 is 1.29 bits per heavy atom. The number of aromatic nitrogens is 1. The molecule has 0 radical (unpaired) electrons. The van der Waals surface area contributed by atoms with E-state index in [1.54, 1.807) is 11.3 Å². The number of halogens is 1. The Hall–Kier alpha value is -1.69. The number of carbonyl (C=O) groups excluding carboxylic acids is 1. The normalized spacial score (nSPS) is 10.8. The SMILES string of the molecule is Cc1cccc(CCNC(=O)Cc2csc(-c3ccc(Cl)s3)n2)c1. The lowest BCUT2D eigenvalue weighted by molar-refractivity contribution is -0.120. The summed E-state index contributed by atoms with van der Waals surface area (Å²) >= 11 is 8.99. The van der Waals surface area contributed by atoms with Crippen LogP contribution in [0.5, 0.6) is 0 Å². The largest absolute Gasteiger partial charge is 0.355 e. The van der Waals surface area contributed by atoms with Crippen LogP contribution in [-0.4, -0.2) is 17.4 Å². The van der Waals surface area contributed by atoms with Gasteiger partial charge in [-0.3, -0.25) is 4.79 Å². The fourth-order valence-corrected chi connectivity index (χ4v) is 4.31. The van der Waals surface area contributed by atoms with Crippen molar-refractivity contribution in [3.63, 3.8) is 0 Å².